The number of nitrogens with two attached hydrogens (primary N) is 1. The summed E-state index contributed by atoms with van der Waals surface area (Å²) in [6.45, 7) is 3.87. The fraction of sp³-hybridized carbons (Fsp3) is 0.500. The number of aromatic nitrogens is 3. The summed E-state index contributed by atoms with van der Waals surface area (Å²) in [5, 5.41) is 6.75. The molecule has 0 spiro atoms. The Morgan fingerprint density at radius 1 is 1.43 bits per heavy atom. The monoisotopic (exact) mass is 414 g/mol. The Balaban J connectivity index is 1.57. The van der Waals surface area contributed by atoms with Gasteiger partial charge in [0.05, 0.1) is 12.7 Å². The van der Waals surface area contributed by atoms with Gasteiger partial charge in [0.2, 0.25) is 0 Å². The Hall–Kier alpha value is -3.01. The summed E-state index contributed by atoms with van der Waals surface area (Å²) < 4.78 is 14.5. The number of H-pyrrole nitrogens is 1. The van der Waals surface area contributed by atoms with Crippen molar-refractivity contribution in [1.82, 2.24) is 25.2 Å². The van der Waals surface area contributed by atoms with Gasteiger partial charge in [-0.3, -0.25) is 4.99 Å². The molecule has 0 radical (unpaired) electrons. The number of amides is 2. The Bertz CT molecular complexity index is 1050. The van der Waals surface area contributed by atoms with Crippen LogP contribution in [0.4, 0.5) is 15.0 Å². The summed E-state index contributed by atoms with van der Waals surface area (Å²) in [7, 11) is 0. The lowest BCUT2D eigenvalue weighted by Gasteiger charge is -2.44. The smallest absolute Gasteiger partial charge is 0.318 e. The number of anilines is 1. The molecule has 0 bridgehead atoms. The second kappa shape index (κ2) is 8.39. The molecular formula is C20H27FN8O. The second-order valence-electron chi connectivity index (χ2n) is 7.63. The molecule has 0 aromatic carbocycles. The number of carbonyl (C=O) groups excluding carboxylic acids is 1. The van der Waals surface area contributed by atoms with Crippen LogP contribution in [0.5, 0.6) is 0 Å². The Morgan fingerprint density at radius 3 is 3.13 bits per heavy atom. The van der Waals surface area contributed by atoms with Gasteiger partial charge in [0, 0.05) is 36.6 Å². The van der Waals surface area contributed by atoms with Gasteiger partial charge in [0.1, 0.15) is 11.2 Å². The second-order valence-corrected chi connectivity index (χ2v) is 7.63. The van der Waals surface area contributed by atoms with E-state index in [0.29, 0.717) is 25.3 Å². The van der Waals surface area contributed by atoms with Crippen LogP contribution < -0.4 is 27.1 Å². The minimum absolute atomic E-state index is 0.0638. The van der Waals surface area contributed by atoms with Gasteiger partial charge in [-0.05, 0) is 32.6 Å². The SMILES string of the molecule is CCNC(=O)N1CCCC[C@]1(N)CNc1nc(-c2c[nH]c3c2=CCCN=3)ncc1F. The van der Waals surface area contributed by atoms with Crippen molar-refractivity contribution in [3.05, 3.63) is 28.9 Å². The topological polar surface area (TPSA) is 124 Å². The van der Waals surface area contributed by atoms with E-state index in [2.05, 4.69) is 36.7 Å². The van der Waals surface area contributed by atoms with E-state index >= 15 is 0 Å². The van der Waals surface area contributed by atoms with E-state index in [1.165, 1.54) is 0 Å². The fourth-order valence-corrected chi connectivity index (χ4v) is 3.98. The molecule has 2 aromatic heterocycles. The van der Waals surface area contributed by atoms with Crippen LogP contribution in [0.15, 0.2) is 17.4 Å². The normalized spacial score (nSPS) is 20.7. The first-order valence-corrected chi connectivity index (χ1v) is 10.3. The first-order chi connectivity index (χ1) is 14.5. The number of hydrogen-bond acceptors (Lipinski definition) is 6. The van der Waals surface area contributed by atoms with Gasteiger partial charge in [0.15, 0.2) is 17.5 Å². The number of carbonyl (C=O) groups is 1. The molecule has 0 aliphatic carbocycles. The van der Waals surface area contributed by atoms with Gasteiger partial charge in [-0.1, -0.05) is 6.08 Å². The lowest BCUT2D eigenvalue weighted by atomic mass is 9.96. The zero-order chi connectivity index (χ0) is 21.1. The van der Waals surface area contributed by atoms with E-state index in [9.17, 15) is 9.18 Å². The molecule has 2 aliphatic rings. The van der Waals surface area contributed by atoms with Crippen molar-refractivity contribution in [1.29, 1.82) is 0 Å². The predicted molar refractivity (Wildman–Crippen MR) is 112 cm³/mol. The highest BCUT2D eigenvalue weighted by Gasteiger charge is 2.38. The maximum Gasteiger partial charge on any atom is 0.318 e. The molecule has 1 fully saturated rings. The lowest BCUT2D eigenvalue weighted by molar-refractivity contribution is 0.0896. The van der Waals surface area contributed by atoms with E-state index in [1.54, 1.807) is 11.1 Å². The molecule has 0 saturated carbocycles. The van der Waals surface area contributed by atoms with Crippen LogP contribution >= 0.6 is 0 Å². The van der Waals surface area contributed by atoms with Crippen LogP contribution in [0.3, 0.4) is 0 Å². The Kier molecular flexibility index (Phi) is 5.67. The molecule has 10 heteroatoms. The molecule has 2 amide bonds. The van der Waals surface area contributed by atoms with E-state index in [1.807, 2.05) is 6.92 Å². The number of halogens is 1. The van der Waals surface area contributed by atoms with E-state index in [-0.39, 0.29) is 18.4 Å². The minimum Gasteiger partial charge on any atom is -0.364 e. The molecular weight excluding hydrogens is 387 g/mol. The molecule has 0 unspecified atom stereocenters. The lowest BCUT2D eigenvalue weighted by Crippen LogP contribution is -2.65. The van der Waals surface area contributed by atoms with Crippen LogP contribution in [-0.4, -0.2) is 57.7 Å². The van der Waals surface area contributed by atoms with Crippen LogP contribution in [0, 0.1) is 5.82 Å². The number of likely N-dealkylation sites (tertiary alicyclic amines) is 1. The zero-order valence-corrected chi connectivity index (χ0v) is 17.0. The van der Waals surface area contributed by atoms with Crippen LogP contribution in [0.25, 0.3) is 17.5 Å². The van der Waals surface area contributed by atoms with Gasteiger partial charge >= 0.3 is 6.03 Å². The average Bonchev–Trinajstić information content (AvgIpc) is 3.18. The number of rotatable bonds is 5. The predicted octanol–water partition coefficient (Wildman–Crippen LogP) is 0.697. The van der Waals surface area contributed by atoms with Gasteiger partial charge in [-0.15, -0.1) is 0 Å². The zero-order valence-electron chi connectivity index (χ0n) is 17.0. The molecule has 9 nitrogen and oxygen atoms in total. The molecule has 2 aromatic rings. The first-order valence-electron chi connectivity index (χ1n) is 10.3. The molecule has 5 N–H and O–H groups in total. The summed E-state index contributed by atoms with van der Waals surface area (Å²) in [6.07, 6.45) is 8.27. The highest BCUT2D eigenvalue weighted by atomic mass is 19.1. The van der Waals surface area contributed by atoms with E-state index in [4.69, 9.17) is 5.73 Å². The third-order valence-corrected chi connectivity index (χ3v) is 5.55. The molecule has 1 atom stereocenters. The van der Waals surface area contributed by atoms with E-state index < -0.39 is 11.5 Å². The number of nitrogens with zero attached hydrogens (tertiary/aromatic N) is 4. The van der Waals surface area contributed by atoms with E-state index in [0.717, 1.165) is 48.3 Å². The summed E-state index contributed by atoms with van der Waals surface area (Å²) in [6, 6.07) is -0.205. The molecule has 1 saturated heterocycles. The van der Waals surface area contributed by atoms with Gasteiger partial charge in [0.25, 0.3) is 0 Å². The number of fused-ring (bicyclic) bond motifs is 1. The molecule has 160 valence electrons. The summed E-state index contributed by atoms with van der Waals surface area (Å²) in [5.41, 5.74) is 7.22. The highest BCUT2D eigenvalue weighted by Crippen LogP contribution is 2.25. The number of piperidine rings is 1. The number of hydrogen-bond donors (Lipinski definition) is 4. The third-order valence-electron chi connectivity index (χ3n) is 5.55. The summed E-state index contributed by atoms with van der Waals surface area (Å²) in [4.78, 5) is 30.2. The van der Waals surface area contributed by atoms with Crippen LogP contribution in [-0.2, 0) is 0 Å². The maximum atomic E-state index is 14.5. The van der Waals surface area contributed by atoms with Crippen molar-refractivity contribution >= 4 is 17.9 Å². The summed E-state index contributed by atoms with van der Waals surface area (Å²) in [5.74, 6) is -0.102. The van der Waals surface area contributed by atoms with Crippen LogP contribution in [0.2, 0.25) is 0 Å². The number of urea groups is 1. The Morgan fingerprint density at radius 2 is 2.30 bits per heavy atom. The van der Waals surface area contributed by atoms with Crippen molar-refractivity contribution in [2.45, 2.75) is 38.3 Å². The molecule has 4 heterocycles. The Labute approximate surface area is 173 Å². The van der Waals surface area contributed by atoms with Crippen molar-refractivity contribution < 1.29 is 9.18 Å². The fourth-order valence-electron chi connectivity index (χ4n) is 3.98. The van der Waals surface area contributed by atoms with Gasteiger partial charge in [-0.2, -0.15) is 0 Å². The quantitative estimate of drug-likeness (QED) is 0.573. The molecule has 30 heavy (non-hydrogen) atoms. The summed E-state index contributed by atoms with van der Waals surface area (Å²) >= 11 is 0. The van der Waals surface area contributed by atoms with Crippen molar-refractivity contribution in [2.24, 2.45) is 10.7 Å². The number of aromatic amines is 1. The van der Waals surface area contributed by atoms with Gasteiger partial charge < -0.3 is 26.3 Å². The largest absolute Gasteiger partial charge is 0.364 e. The van der Waals surface area contributed by atoms with Crippen LogP contribution in [0.1, 0.15) is 32.6 Å². The first kappa shape index (κ1) is 20.3. The highest BCUT2D eigenvalue weighted by molar-refractivity contribution is 5.75. The molecule has 2 aliphatic heterocycles. The maximum absolute atomic E-state index is 14.5. The molecule has 4 rings (SSSR count). The van der Waals surface area contributed by atoms with Crippen molar-refractivity contribution in [3.63, 3.8) is 0 Å². The number of nitrogens with one attached hydrogen (secondary N) is 3. The van der Waals surface area contributed by atoms with Crippen molar-refractivity contribution in [2.75, 3.05) is 31.5 Å². The minimum atomic E-state index is -0.922. The average molecular weight is 414 g/mol. The standard InChI is InChI=1S/C20H27FN8O/c1-2-23-19(30)29-9-4-3-7-20(29,22)12-27-18-15(21)11-26-17(28-18)14-10-25-16-13(14)6-5-8-24-16/h6,10-11H,2-5,7-9,12,22H2,1H3,(H,23,30)(H,24,25)(H,26,27,28)/t20-/m1/s1. The van der Waals surface area contributed by atoms with Crippen molar-refractivity contribution in [3.8, 4) is 11.4 Å². The van der Waals surface area contributed by atoms with Gasteiger partial charge in [-0.25, -0.2) is 19.2 Å². The third kappa shape index (κ3) is 3.87.